The summed E-state index contributed by atoms with van der Waals surface area (Å²) in [6.45, 7) is 1.96. The van der Waals surface area contributed by atoms with Crippen molar-refractivity contribution >= 4 is 39.2 Å². The minimum Gasteiger partial charge on any atom is -0.351 e. The summed E-state index contributed by atoms with van der Waals surface area (Å²) in [6.07, 6.45) is 1.02. The van der Waals surface area contributed by atoms with Gasteiger partial charge in [0, 0.05) is 34.3 Å². The Labute approximate surface area is 266 Å². The monoisotopic (exact) mass is 664 g/mol. The second kappa shape index (κ2) is 14.8. The lowest BCUT2D eigenvalue weighted by molar-refractivity contribution is -0.137. The van der Waals surface area contributed by atoms with Crippen molar-refractivity contribution in [2.24, 2.45) is 17.8 Å². The highest BCUT2D eigenvalue weighted by molar-refractivity contribution is 7.85. The largest absolute Gasteiger partial charge is 0.416 e. The molecule has 0 bridgehead atoms. The van der Waals surface area contributed by atoms with Crippen LogP contribution in [0.15, 0.2) is 66.7 Å². The standard InChI is InChI=1S/C33H36ClF3N2O5S/c1-2-21-3-7-24(8-4-21)29(19-22-5-9-25(10-6-22)31(40)38-17-18-45(42,43)44)32(41)39-27-14-11-23(12-15-27)28-16-13-26(20-30(28)34)33(35,36)37/h5-6,9-16,20-21,24,29H,2-4,7-8,17-19H2,1H3,(H,38,40)(H,39,41)(H,42,43,44). The highest BCUT2D eigenvalue weighted by Crippen LogP contribution is 2.38. The van der Waals surface area contributed by atoms with Gasteiger partial charge in [0.05, 0.1) is 11.3 Å². The molecule has 7 nitrogen and oxygen atoms in total. The minimum atomic E-state index is -4.49. The number of hydrogen-bond donors (Lipinski definition) is 3. The second-order valence-electron chi connectivity index (χ2n) is 11.5. The summed E-state index contributed by atoms with van der Waals surface area (Å²) in [4.78, 5) is 26.1. The number of rotatable bonds is 11. The molecule has 0 aliphatic heterocycles. The molecule has 1 fully saturated rings. The molecule has 2 amide bonds. The van der Waals surface area contributed by atoms with E-state index < -0.39 is 33.5 Å². The SMILES string of the molecule is CCC1CCC(C(Cc2ccc(C(=O)NCCS(=O)(=O)O)cc2)C(=O)Nc2ccc(-c3ccc(C(F)(F)F)cc3Cl)cc2)CC1. The summed E-state index contributed by atoms with van der Waals surface area (Å²) >= 11 is 6.16. The number of nitrogens with one attached hydrogen (secondary N) is 2. The molecular weight excluding hydrogens is 629 g/mol. The fourth-order valence-corrected chi connectivity index (χ4v) is 6.46. The van der Waals surface area contributed by atoms with E-state index in [1.54, 1.807) is 48.5 Å². The first-order valence-corrected chi connectivity index (χ1v) is 16.8. The Bertz CT molecular complexity index is 1590. The van der Waals surface area contributed by atoms with Crippen LogP contribution >= 0.6 is 11.6 Å². The summed E-state index contributed by atoms with van der Waals surface area (Å²) in [7, 11) is -4.18. The summed E-state index contributed by atoms with van der Waals surface area (Å²) in [5.41, 5.74) is 1.98. The molecule has 0 saturated heterocycles. The molecule has 1 atom stereocenters. The van der Waals surface area contributed by atoms with E-state index in [0.717, 1.165) is 49.8 Å². The van der Waals surface area contributed by atoms with Gasteiger partial charge in [-0.3, -0.25) is 14.1 Å². The van der Waals surface area contributed by atoms with Gasteiger partial charge < -0.3 is 10.6 Å². The Kier molecular flexibility index (Phi) is 11.3. The summed E-state index contributed by atoms with van der Waals surface area (Å²) in [5, 5.41) is 5.45. The maximum atomic E-state index is 13.7. The molecule has 12 heteroatoms. The van der Waals surface area contributed by atoms with Crippen molar-refractivity contribution < 1.29 is 35.7 Å². The van der Waals surface area contributed by atoms with E-state index in [0.29, 0.717) is 34.7 Å². The molecule has 1 aliphatic carbocycles. The van der Waals surface area contributed by atoms with Crippen molar-refractivity contribution in [3.05, 3.63) is 88.4 Å². The van der Waals surface area contributed by atoms with Crippen LogP contribution in [-0.4, -0.2) is 37.1 Å². The summed E-state index contributed by atoms with van der Waals surface area (Å²) < 4.78 is 69.7. The van der Waals surface area contributed by atoms with Gasteiger partial charge in [0.2, 0.25) is 5.91 Å². The quantitative estimate of drug-likeness (QED) is 0.182. The van der Waals surface area contributed by atoms with E-state index in [1.165, 1.54) is 6.07 Å². The summed E-state index contributed by atoms with van der Waals surface area (Å²) in [5.74, 6) is -0.712. The average Bonchev–Trinajstić information content (AvgIpc) is 2.99. The number of alkyl halides is 3. The maximum Gasteiger partial charge on any atom is 0.416 e. The first-order chi connectivity index (χ1) is 21.2. The molecule has 0 aromatic heterocycles. The zero-order valence-corrected chi connectivity index (χ0v) is 26.3. The predicted octanol–water partition coefficient (Wildman–Crippen LogP) is 7.66. The Balaban J connectivity index is 1.46. The fourth-order valence-electron chi connectivity index (χ4n) is 5.81. The second-order valence-corrected chi connectivity index (χ2v) is 13.5. The van der Waals surface area contributed by atoms with E-state index >= 15 is 0 Å². The van der Waals surface area contributed by atoms with Crippen LogP contribution in [0.25, 0.3) is 11.1 Å². The number of amides is 2. The zero-order valence-electron chi connectivity index (χ0n) is 24.7. The molecule has 1 aliphatic rings. The molecule has 3 aromatic rings. The van der Waals surface area contributed by atoms with Gasteiger partial charge in [-0.25, -0.2) is 0 Å². The predicted molar refractivity (Wildman–Crippen MR) is 169 cm³/mol. The average molecular weight is 665 g/mol. The Morgan fingerprint density at radius 3 is 2.18 bits per heavy atom. The van der Waals surface area contributed by atoms with Crippen molar-refractivity contribution in [1.82, 2.24) is 5.32 Å². The molecule has 0 spiro atoms. The number of anilines is 1. The van der Waals surface area contributed by atoms with Crippen molar-refractivity contribution in [3.63, 3.8) is 0 Å². The van der Waals surface area contributed by atoms with E-state index in [1.807, 2.05) is 0 Å². The molecule has 0 heterocycles. The number of hydrogen-bond acceptors (Lipinski definition) is 4. The molecule has 0 radical (unpaired) electrons. The van der Waals surface area contributed by atoms with Crippen molar-refractivity contribution in [1.29, 1.82) is 0 Å². The van der Waals surface area contributed by atoms with Crippen molar-refractivity contribution in [2.75, 3.05) is 17.6 Å². The van der Waals surface area contributed by atoms with Crippen LogP contribution in [0.2, 0.25) is 5.02 Å². The fraction of sp³-hybridized carbons (Fsp3) is 0.394. The van der Waals surface area contributed by atoms with Gasteiger partial charge in [-0.2, -0.15) is 21.6 Å². The zero-order chi connectivity index (χ0) is 32.8. The van der Waals surface area contributed by atoms with Gasteiger partial charge in [0.25, 0.3) is 16.0 Å². The third-order valence-corrected chi connectivity index (χ3v) is 9.48. The van der Waals surface area contributed by atoms with Crippen molar-refractivity contribution in [3.8, 4) is 11.1 Å². The number of benzene rings is 3. The number of halogens is 4. The number of carbonyl (C=O) groups excluding carboxylic acids is 2. The highest BCUT2D eigenvalue weighted by Gasteiger charge is 2.33. The number of carbonyl (C=O) groups is 2. The van der Waals surface area contributed by atoms with E-state index in [-0.39, 0.29) is 29.3 Å². The van der Waals surface area contributed by atoms with Gasteiger partial charge in [-0.1, -0.05) is 68.1 Å². The van der Waals surface area contributed by atoms with Crippen LogP contribution < -0.4 is 10.6 Å². The van der Waals surface area contributed by atoms with E-state index in [9.17, 15) is 31.2 Å². The third-order valence-electron chi connectivity index (χ3n) is 8.45. The lowest BCUT2D eigenvalue weighted by Gasteiger charge is -2.33. The summed E-state index contributed by atoms with van der Waals surface area (Å²) in [6, 6.07) is 16.8. The first-order valence-electron chi connectivity index (χ1n) is 14.8. The van der Waals surface area contributed by atoms with Gasteiger partial charge in [0.15, 0.2) is 0 Å². The van der Waals surface area contributed by atoms with Crippen LogP contribution in [0.5, 0.6) is 0 Å². The van der Waals surface area contributed by atoms with E-state index in [4.69, 9.17) is 16.2 Å². The van der Waals surface area contributed by atoms with Crippen LogP contribution in [0.3, 0.4) is 0 Å². The lowest BCUT2D eigenvalue weighted by atomic mass is 9.73. The van der Waals surface area contributed by atoms with Crippen LogP contribution in [0.1, 0.15) is 60.5 Å². The third kappa shape index (κ3) is 9.79. The Morgan fingerprint density at radius 1 is 0.978 bits per heavy atom. The van der Waals surface area contributed by atoms with Crippen molar-refractivity contribution in [2.45, 2.75) is 51.6 Å². The van der Waals surface area contributed by atoms with Gasteiger partial charge in [0.1, 0.15) is 0 Å². The molecule has 3 N–H and O–H groups in total. The van der Waals surface area contributed by atoms with E-state index in [2.05, 4.69) is 17.6 Å². The molecular formula is C33H36ClF3N2O5S. The minimum absolute atomic E-state index is 0.0223. The Hall–Kier alpha value is -3.41. The van der Waals surface area contributed by atoms with Crippen LogP contribution in [0, 0.1) is 17.8 Å². The highest BCUT2D eigenvalue weighted by atomic mass is 35.5. The molecule has 3 aromatic carbocycles. The van der Waals surface area contributed by atoms with Crippen LogP contribution in [0.4, 0.5) is 18.9 Å². The van der Waals surface area contributed by atoms with Gasteiger partial charge in [-0.15, -0.1) is 0 Å². The van der Waals surface area contributed by atoms with Gasteiger partial charge >= 0.3 is 6.18 Å². The Morgan fingerprint density at radius 2 is 1.62 bits per heavy atom. The smallest absolute Gasteiger partial charge is 0.351 e. The maximum absolute atomic E-state index is 13.7. The topological polar surface area (TPSA) is 113 Å². The van der Waals surface area contributed by atoms with Crippen LogP contribution in [-0.2, 0) is 27.5 Å². The normalized spacial score (nSPS) is 17.8. The molecule has 45 heavy (non-hydrogen) atoms. The lowest BCUT2D eigenvalue weighted by Crippen LogP contribution is -2.33. The first kappa shape index (κ1) is 34.5. The molecule has 1 saturated carbocycles. The molecule has 1 unspecified atom stereocenters. The molecule has 4 rings (SSSR count). The van der Waals surface area contributed by atoms with Gasteiger partial charge in [-0.05, 0) is 78.6 Å². The molecule has 242 valence electrons.